The molecule has 106 valence electrons. The molecule has 1 aliphatic rings. The quantitative estimate of drug-likeness (QED) is 0.778. The number of halogens is 4. The highest BCUT2D eigenvalue weighted by atomic mass is 35.5. The average Bonchev–Trinajstić information content (AvgIpc) is 2.79. The van der Waals surface area contributed by atoms with Gasteiger partial charge in [0.15, 0.2) is 5.82 Å². The third-order valence-corrected chi connectivity index (χ3v) is 3.43. The maximum atomic E-state index is 12.6. The molecule has 1 aromatic heterocycles. The Morgan fingerprint density at radius 2 is 2.11 bits per heavy atom. The van der Waals surface area contributed by atoms with E-state index in [-0.39, 0.29) is 43.2 Å². The highest BCUT2D eigenvalue weighted by Gasteiger charge is 2.40. The second kappa shape index (κ2) is 4.99. The Hall–Kier alpha value is -1.31. The first-order chi connectivity index (χ1) is 8.84. The standard InChI is InChI=1S/C10H12ClF3N4O/c1-6(4-11)8(19)17-2-3-18-7(5-17)15-16-9(18)10(12,13)14/h6H,2-5H2,1H3. The molecule has 1 unspecified atom stereocenters. The van der Waals surface area contributed by atoms with Gasteiger partial charge in [-0.3, -0.25) is 4.79 Å². The van der Waals surface area contributed by atoms with Crippen LogP contribution in [0, 0.1) is 5.92 Å². The monoisotopic (exact) mass is 296 g/mol. The van der Waals surface area contributed by atoms with Crippen LogP contribution in [0.5, 0.6) is 0 Å². The lowest BCUT2D eigenvalue weighted by atomic mass is 10.1. The highest BCUT2D eigenvalue weighted by Crippen LogP contribution is 2.29. The van der Waals surface area contributed by atoms with Crippen molar-refractivity contribution in [3.05, 3.63) is 11.6 Å². The lowest BCUT2D eigenvalue weighted by Gasteiger charge is -2.29. The van der Waals surface area contributed by atoms with Gasteiger partial charge in [0.2, 0.25) is 11.7 Å². The number of fused-ring (bicyclic) bond motifs is 1. The van der Waals surface area contributed by atoms with Crippen molar-refractivity contribution in [2.45, 2.75) is 26.2 Å². The molecule has 9 heteroatoms. The second-order valence-corrected chi connectivity index (χ2v) is 4.71. The molecule has 0 aliphatic carbocycles. The van der Waals surface area contributed by atoms with Crippen molar-refractivity contribution in [1.82, 2.24) is 19.7 Å². The van der Waals surface area contributed by atoms with Gasteiger partial charge in [0.25, 0.3) is 0 Å². The van der Waals surface area contributed by atoms with Crippen molar-refractivity contribution in [3.63, 3.8) is 0 Å². The van der Waals surface area contributed by atoms with Gasteiger partial charge in [0.1, 0.15) is 0 Å². The van der Waals surface area contributed by atoms with Gasteiger partial charge >= 0.3 is 6.18 Å². The topological polar surface area (TPSA) is 51.0 Å². The van der Waals surface area contributed by atoms with Crippen LogP contribution in [0.4, 0.5) is 13.2 Å². The Morgan fingerprint density at radius 1 is 1.42 bits per heavy atom. The summed E-state index contributed by atoms with van der Waals surface area (Å²) >= 11 is 5.60. The van der Waals surface area contributed by atoms with E-state index >= 15 is 0 Å². The molecule has 19 heavy (non-hydrogen) atoms. The molecule has 0 fully saturated rings. The van der Waals surface area contributed by atoms with Gasteiger partial charge in [0.05, 0.1) is 6.54 Å². The third-order valence-electron chi connectivity index (χ3n) is 2.97. The third kappa shape index (κ3) is 2.68. The van der Waals surface area contributed by atoms with Gasteiger partial charge in [0, 0.05) is 24.9 Å². The molecule has 1 amide bonds. The smallest absolute Gasteiger partial charge is 0.333 e. The van der Waals surface area contributed by atoms with Crippen molar-refractivity contribution >= 4 is 17.5 Å². The highest BCUT2D eigenvalue weighted by molar-refractivity contribution is 6.19. The molecule has 0 radical (unpaired) electrons. The zero-order valence-electron chi connectivity index (χ0n) is 10.1. The number of aromatic nitrogens is 3. The minimum Gasteiger partial charge on any atom is -0.333 e. The number of carbonyl (C=O) groups excluding carboxylic acids is 1. The van der Waals surface area contributed by atoms with Crippen molar-refractivity contribution in [2.24, 2.45) is 5.92 Å². The van der Waals surface area contributed by atoms with E-state index in [4.69, 9.17) is 11.6 Å². The van der Waals surface area contributed by atoms with Crippen LogP contribution in [0.3, 0.4) is 0 Å². The first-order valence-corrected chi connectivity index (χ1v) is 6.22. The lowest BCUT2D eigenvalue weighted by Crippen LogP contribution is -2.42. The molecular formula is C10H12ClF3N4O. The first kappa shape index (κ1) is 14.1. The number of amides is 1. The van der Waals surface area contributed by atoms with E-state index in [1.165, 1.54) is 4.90 Å². The van der Waals surface area contributed by atoms with Crippen LogP contribution in [0.15, 0.2) is 0 Å². The molecule has 0 aromatic carbocycles. The van der Waals surface area contributed by atoms with Crippen molar-refractivity contribution in [3.8, 4) is 0 Å². The molecule has 0 saturated carbocycles. The summed E-state index contributed by atoms with van der Waals surface area (Å²) in [5, 5.41) is 6.66. The number of rotatable bonds is 2. The summed E-state index contributed by atoms with van der Waals surface area (Å²) in [7, 11) is 0. The summed E-state index contributed by atoms with van der Waals surface area (Å²) < 4.78 is 38.9. The minimum atomic E-state index is -4.53. The molecule has 0 bridgehead atoms. The number of nitrogens with zero attached hydrogens (tertiary/aromatic N) is 4. The maximum absolute atomic E-state index is 12.6. The van der Waals surface area contributed by atoms with Crippen molar-refractivity contribution in [2.75, 3.05) is 12.4 Å². The SMILES string of the molecule is CC(CCl)C(=O)N1CCn2c(nnc2C(F)(F)F)C1. The Labute approximate surface area is 112 Å². The van der Waals surface area contributed by atoms with Gasteiger partial charge in [-0.15, -0.1) is 21.8 Å². The molecule has 0 spiro atoms. The first-order valence-electron chi connectivity index (χ1n) is 5.68. The van der Waals surface area contributed by atoms with Gasteiger partial charge in [-0.1, -0.05) is 6.92 Å². The molecular weight excluding hydrogens is 285 g/mol. The van der Waals surface area contributed by atoms with E-state index in [1.54, 1.807) is 6.92 Å². The van der Waals surface area contributed by atoms with Crippen LogP contribution < -0.4 is 0 Å². The predicted molar refractivity (Wildman–Crippen MR) is 60.3 cm³/mol. The molecule has 2 rings (SSSR count). The molecule has 1 atom stereocenters. The molecule has 5 nitrogen and oxygen atoms in total. The summed E-state index contributed by atoms with van der Waals surface area (Å²) in [4.78, 5) is 13.4. The predicted octanol–water partition coefficient (Wildman–Crippen LogP) is 1.51. The number of alkyl halides is 4. The maximum Gasteiger partial charge on any atom is 0.451 e. The second-order valence-electron chi connectivity index (χ2n) is 4.40. The van der Waals surface area contributed by atoms with Crippen LogP contribution in [0.1, 0.15) is 18.6 Å². The Balaban J connectivity index is 2.18. The molecule has 1 aromatic rings. The van der Waals surface area contributed by atoms with Crippen molar-refractivity contribution in [1.29, 1.82) is 0 Å². The fraction of sp³-hybridized carbons (Fsp3) is 0.700. The number of hydrogen-bond acceptors (Lipinski definition) is 3. The lowest BCUT2D eigenvalue weighted by molar-refractivity contribution is -0.148. The summed E-state index contributed by atoms with van der Waals surface area (Å²) in [6.45, 7) is 1.95. The normalized spacial score (nSPS) is 17.2. The largest absolute Gasteiger partial charge is 0.451 e. The molecule has 0 saturated heterocycles. The van der Waals surface area contributed by atoms with E-state index in [0.717, 1.165) is 4.57 Å². The average molecular weight is 297 g/mol. The zero-order valence-corrected chi connectivity index (χ0v) is 10.9. The van der Waals surface area contributed by atoms with E-state index in [1.807, 2.05) is 0 Å². The van der Waals surface area contributed by atoms with Crippen LogP contribution in [-0.4, -0.2) is 38.0 Å². The Kier molecular flexibility index (Phi) is 3.71. The van der Waals surface area contributed by atoms with Crippen molar-refractivity contribution < 1.29 is 18.0 Å². The number of carbonyl (C=O) groups is 1. The fourth-order valence-corrected chi connectivity index (χ4v) is 2.07. The number of hydrogen-bond donors (Lipinski definition) is 0. The van der Waals surface area contributed by atoms with E-state index < -0.39 is 12.0 Å². The van der Waals surface area contributed by atoms with E-state index in [9.17, 15) is 18.0 Å². The van der Waals surface area contributed by atoms with Gasteiger partial charge < -0.3 is 9.47 Å². The minimum absolute atomic E-state index is 0.0309. The van der Waals surface area contributed by atoms with Crippen LogP contribution in [0.25, 0.3) is 0 Å². The zero-order chi connectivity index (χ0) is 14.2. The van der Waals surface area contributed by atoms with Gasteiger partial charge in [-0.25, -0.2) is 0 Å². The molecule has 0 N–H and O–H groups in total. The summed E-state index contributed by atoms with van der Waals surface area (Å²) in [5.41, 5.74) is 0. The molecule has 1 aliphatic heterocycles. The summed E-state index contributed by atoms with van der Waals surface area (Å²) in [6.07, 6.45) is -4.53. The van der Waals surface area contributed by atoms with Crippen LogP contribution in [0.2, 0.25) is 0 Å². The Bertz CT molecular complexity index is 488. The van der Waals surface area contributed by atoms with E-state index in [0.29, 0.717) is 0 Å². The summed E-state index contributed by atoms with van der Waals surface area (Å²) in [5.74, 6) is -1.24. The Morgan fingerprint density at radius 3 is 2.68 bits per heavy atom. The van der Waals surface area contributed by atoms with E-state index in [2.05, 4.69) is 10.2 Å². The van der Waals surface area contributed by atoms with Gasteiger partial charge in [-0.05, 0) is 0 Å². The van der Waals surface area contributed by atoms with Gasteiger partial charge in [-0.2, -0.15) is 13.2 Å². The molecule has 2 heterocycles. The summed E-state index contributed by atoms with van der Waals surface area (Å²) in [6, 6.07) is 0. The van der Waals surface area contributed by atoms with Crippen LogP contribution in [-0.2, 0) is 24.1 Å². The van der Waals surface area contributed by atoms with Crippen LogP contribution >= 0.6 is 11.6 Å². The fourth-order valence-electron chi connectivity index (χ4n) is 1.93.